The summed E-state index contributed by atoms with van der Waals surface area (Å²) in [5, 5.41) is 4.07. The summed E-state index contributed by atoms with van der Waals surface area (Å²) >= 11 is 5.89. The van der Waals surface area contributed by atoms with E-state index in [1.165, 1.54) is 18.6 Å². The average molecular weight is 190 g/mol. The van der Waals surface area contributed by atoms with Crippen molar-refractivity contribution in [2.45, 2.75) is 51.0 Å². The lowest BCUT2D eigenvalue weighted by Gasteiger charge is -2.08. The number of hydrogen-bond donors (Lipinski definition) is 0. The van der Waals surface area contributed by atoms with Gasteiger partial charge in [0.25, 0.3) is 0 Å². The first-order valence-corrected chi connectivity index (χ1v) is 5.03. The van der Waals surface area contributed by atoms with Crippen LogP contribution in [0.1, 0.15) is 39.5 Å². The molecule has 0 aromatic rings. The third-order valence-corrected chi connectivity index (χ3v) is 2.37. The zero-order chi connectivity index (χ0) is 8.97. The van der Waals surface area contributed by atoms with Crippen LogP contribution in [0.15, 0.2) is 5.16 Å². The Hall–Kier alpha value is -0.240. The van der Waals surface area contributed by atoms with Crippen LogP contribution in [-0.4, -0.2) is 17.2 Å². The maximum Gasteiger partial charge on any atom is 0.148 e. The highest BCUT2D eigenvalue weighted by atomic mass is 35.5. The molecule has 0 bridgehead atoms. The Morgan fingerprint density at radius 1 is 1.75 bits per heavy atom. The van der Waals surface area contributed by atoms with E-state index in [4.69, 9.17) is 16.4 Å². The number of nitrogens with zero attached hydrogens (tertiary/aromatic N) is 1. The van der Waals surface area contributed by atoms with Gasteiger partial charge < -0.3 is 4.84 Å². The van der Waals surface area contributed by atoms with Gasteiger partial charge in [-0.1, -0.05) is 18.5 Å². The molecule has 0 N–H and O–H groups in total. The van der Waals surface area contributed by atoms with Crippen LogP contribution in [-0.2, 0) is 4.84 Å². The Labute approximate surface area is 78.9 Å². The first kappa shape index (κ1) is 9.85. The van der Waals surface area contributed by atoms with Crippen LogP contribution in [0.4, 0.5) is 0 Å². The molecule has 2 unspecified atom stereocenters. The predicted octanol–water partition coefficient (Wildman–Crippen LogP) is 2.95. The van der Waals surface area contributed by atoms with Gasteiger partial charge in [0.05, 0.1) is 11.1 Å². The van der Waals surface area contributed by atoms with Crippen LogP contribution in [0.25, 0.3) is 0 Å². The molecule has 0 fully saturated rings. The maximum atomic E-state index is 5.89. The molecule has 12 heavy (non-hydrogen) atoms. The Morgan fingerprint density at radius 3 is 3.00 bits per heavy atom. The van der Waals surface area contributed by atoms with Gasteiger partial charge in [0.1, 0.15) is 6.10 Å². The van der Waals surface area contributed by atoms with Gasteiger partial charge in [0.2, 0.25) is 0 Å². The minimum Gasteiger partial charge on any atom is -0.391 e. The molecule has 2 atom stereocenters. The van der Waals surface area contributed by atoms with Gasteiger partial charge in [-0.05, 0) is 19.8 Å². The Kier molecular flexibility index (Phi) is 3.86. The number of hydrogen-bond acceptors (Lipinski definition) is 2. The Balaban J connectivity index is 2.24. The molecule has 0 radical (unpaired) electrons. The van der Waals surface area contributed by atoms with Crippen LogP contribution in [0.3, 0.4) is 0 Å². The minimum absolute atomic E-state index is 0.0628. The first-order valence-electron chi connectivity index (χ1n) is 4.59. The fourth-order valence-electron chi connectivity index (χ4n) is 1.22. The maximum absolute atomic E-state index is 5.89. The Bertz CT molecular complexity index is 168. The molecule has 1 aliphatic rings. The predicted molar refractivity (Wildman–Crippen MR) is 51.8 cm³/mol. The number of halogens is 1. The van der Waals surface area contributed by atoms with Crippen molar-refractivity contribution in [3.8, 4) is 0 Å². The molecular formula is C9H16ClNO. The molecule has 1 heterocycles. The van der Waals surface area contributed by atoms with Gasteiger partial charge in [0, 0.05) is 6.42 Å². The van der Waals surface area contributed by atoms with Crippen molar-refractivity contribution in [3.05, 3.63) is 0 Å². The van der Waals surface area contributed by atoms with Crippen molar-refractivity contribution in [2.75, 3.05) is 0 Å². The summed E-state index contributed by atoms with van der Waals surface area (Å²) in [6, 6.07) is 0. The smallest absolute Gasteiger partial charge is 0.148 e. The Morgan fingerprint density at radius 2 is 2.50 bits per heavy atom. The number of oxime groups is 1. The second-order valence-corrected chi connectivity index (χ2v) is 3.98. The fraction of sp³-hybridized carbons (Fsp3) is 0.889. The van der Waals surface area contributed by atoms with E-state index in [0.29, 0.717) is 0 Å². The third kappa shape index (κ3) is 2.67. The highest BCUT2D eigenvalue weighted by Crippen LogP contribution is 2.19. The van der Waals surface area contributed by atoms with E-state index in [1.807, 2.05) is 6.92 Å². The number of alkyl halides is 1. The van der Waals surface area contributed by atoms with Gasteiger partial charge in [-0.15, -0.1) is 11.6 Å². The summed E-state index contributed by atoms with van der Waals surface area (Å²) in [5.74, 6) is 0. The van der Waals surface area contributed by atoms with Crippen LogP contribution in [0.5, 0.6) is 0 Å². The van der Waals surface area contributed by atoms with Gasteiger partial charge >= 0.3 is 0 Å². The van der Waals surface area contributed by atoms with E-state index in [1.54, 1.807) is 0 Å². The summed E-state index contributed by atoms with van der Waals surface area (Å²) in [4.78, 5) is 5.18. The van der Waals surface area contributed by atoms with Crippen LogP contribution < -0.4 is 0 Å². The molecule has 0 spiro atoms. The van der Waals surface area contributed by atoms with Crippen LogP contribution in [0.2, 0.25) is 0 Å². The van der Waals surface area contributed by atoms with Crippen molar-refractivity contribution >= 4 is 17.3 Å². The van der Waals surface area contributed by atoms with Gasteiger partial charge in [-0.3, -0.25) is 0 Å². The summed E-state index contributed by atoms with van der Waals surface area (Å²) < 4.78 is 0. The van der Waals surface area contributed by atoms with Crippen molar-refractivity contribution in [1.82, 2.24) is 0 Å². The molecule has 0 saturated heterocycles. The molecule has 2 nitrogen and oxygen atoms in total. The molecule has 70 valence electrons. The number of unbranched alkanes of at least 4 members (excludes halogenated alkanes) is 1. The van der Waals surface area contributed by atoms with Gasteiger partial charge in [-0.25, -0.2) is 0 Å². The van der Waals surface area contributed by atoms with E-state index >= 15 is 0 Å². The normalized spacial score (nSPS) is 24.9. The molecule has 0 aromatic heterocycles. The second kappa shape index (κ2) is 4.70. The summed E-state index contributed by atoms with van der Waals surface area (Å²) in [5.41, 5.74) is 1.18. The third-order valence-electron chi connectivity index (χ3n) is 2.09. The molecule has 0 amide bonds. The SMILES string of the molecule is CCCCC1=NOC(C(C)Cl)C1. The molecule has 3 heteroatoms. The highest BCUT2D eigenvalue weighted by molar-refractivity contribution is 6.21. The minimum atomic E-state index is 0.0628. The van der Waals surface area contributed by atoms with Crippen molar-refractivity contribution < 1.29 is 4.84 Å². The topological polar surface area (TPSA) is 21.6 Å². The van der Waals surface area contributed by atoms with E-state index in [9.17, 15) is 0 Å². The zero-order valence-corrected chi connectivity index (χ0v) is 8.47. The molecule has 0 aromatic carbocycles. The average Bonchev–Trinajstić information content (AvgIpc) is 2.48. The van der Waals surface area contributed by atoms with Crippen molar-refractivity contribution in [2.24, 2.45) is 5.16 Å². The van der Waals surface area contributed by atoms with Crippen LogP contribution >= 0.6 is 11.6 Å². The van der Waals surface area contributed by atoms with Crippen molar-refractivity contribution in [1.29, 1.82) is 0 Å². The quantitative estimate of drug-likeness (QED) is 0.624. The number of rotatable bonds is 4. The molecule has 0 saturated carbocycles. The van der Waals surface area contributed by atoms with Gasteiger partial charge in [-0.2, -0.15) is 0 Å². The summed E-state index contributed by atoms with van der Waals surface area (Å²) in [6.07, 6.45) is 4.51. The van der Waals surface area contributed by atoms with E-state index < -0.39 is 0 Å². The monoisotopic (exact) mass is 189 g/mol. The first-order chi connectivity index (χ1) is 5.74. The fourth-order valence-corrected chi connectivity index (χ4v) is 1.36. The van der Waals surface area contributed by atoms with E-state index in [0.717, 1.165) is 12.8 Å². The van der Waals surface area contributed by atoms with Crippen molar-refractivity contribution in [3.63, 3.8) is 0 Å². The van der Waals surface area contributed by atoms with E-state index in [-0.39, 0.29) is 11.5 Å². The lowest BCUT2D eigenvalue weighted by Crippen LogP contribution is -2.17. The summed E-state index contributed by atoms with van der Waals surface area (Å²) in [6.45, 7) is 4.13. The summed E-state index contributed by atoms with van der Waals surface area (Å²) in [7, 11) is 0. The lowest BCUT2D eigenvalue weighted by molar-refractivity contribution is 0.0854. The second-order valence-electron chi connectivity index (χ2n) is 3.29. The molecule has 1 rings (SSSR count). The molecule has 1 aliphatic heterocycles. The molecular weight excluding hydrogens is 174 g/mol. The highest BCUT2D eigenvalue weighted by Gasteiger charge is 2.24. The molecule has 0 aliphatic carbocycles. The van der Waals surface area contributed by atoms with E-state index in [2.05, 4.69) is 12.1 Å². The standard InChI is InChI=1S/C9H16ClNO/c1-3-4-5-8-6-9(7(2)10)12-11-8/h7,9H,3-6H2,1-2H3. The van der Waals surface area contributed by atoms with Gasteiger partial charge in [0.15, 0.2) is 0 Å². The zero-order valence-electron chi connectivity index (χ0n) is 7.72. The lowest BCUT2D eigenvalue weighted by atomic mass is 10.1. The largest absolute Gasteiger partial charge is 0.391 e. The van der Waals surface area contributed by atoms with Crippen LogP contribution in [0, 0.1) is 0 Å².